The van der Waals surface area contributed by atoms with Gasteiger partial charge in [0, 0.05) is 18.6 Å². The highest BCUT2D eigenvalue weighted by Crippen LogP contribution is 2.23. The summed E-state index contributed by atoms with van der Waals surface area (Å²) in [5, 5.41) is 8.62. The third-order valence-corrected chi connectivity index (χ3v) is 4.98. The lowest BCUT2D eigenvalue weighted by atomic mass is 10.2. The number of nitrogens with zero attached hydrogens (tertiary/aromatic N) is 1. The van der Waals surface area contributed by atoms with Gasteiger partial charge in [-0.25, -0.2) is 18.4 Å². The first-order valence-corrected chi connectivity index (χ1v) is 9.84. The zero-order chi connectivity index (χ0) is 20.5. The summed E-state index contributed by atoms with van der Waals surface area (Å²) in [5.41, 5.74) is 0.668. The van der Waals surface area contributed by atoms with Crippen LogP contribution in [0.25, 0.3) is 11.0 Å². The molecule has 0 saturated heterocycles. The number of benzene rings is 1. The van der Waals surface area contributed by atoms with Crippen molar-refractivity contribution in [2.45, 2.75) is 17.9 Å². The number of fused-ring (bicyclic) bond motifs is 1. The van der Waals surface area contributed by atoms with Gasteiger partial charge in [-0.1, -0.05) is 18.2 Å². The molecule has 28 heavy (non-hydrogen) atoms. The number of nitrogens with one attached hydrogen (secondary N) is 1. The predicted octanol–water partition coefficient (Wildman–Crippen LogP) is 1.45. The second kappa shape index (κ2) is 7.49. The van der Waals surface area contributed by atoms with E-state index in [-0.39, 0.29) is 10.6 Å². The highest BCUT2D eigenvalue weighted by molar-refractivity contribution is 7.89. The molecule has 1 aromatic carbocycles. The van der Waals surface area contributed by atoms with Crippen LogP contribution < -0.4 is 10.5 Å². The molecule has 0 fully saturated rings. The van der Waals surface area contributed by atoms with Crippen LogP contribution in [0.1, 0.15) is 29.2 Å². The number of furan rings is 1. The number of hydrogen-bond acceptors (Lipinski definition) is 6. The molecule has 3 N–H and O–H groups in total. The van der Waals surface area contributed by atoms with Crippen LogP contribution in [-0.4, -0.2) is 31.5 Å². The third-order valence-electron chi connectivity index (χ3n) is 4.10. The van der Waals surface area contributed by atoms with E-state index < -0.39 is 34.5 Å². The van der Waals surface area contributed by atoms with Crippen molar-refractivity contribution < 1.29 is 27.2 Å². The van der Waals surface area contributed by atoms with Gasteiger partial charge in [0.15, 0.2) is 6.61 Å². The van der Waals surface area contributed by atoms with Crippen LogP contribution in [0.4, 0.5) is 0 Å². The maximum atomic E-state index is 12.1. The first-order chi connectivity index (χ1) is 13.1. The molecule has 10 heteroatoms. The molecule has 0 radical (unpaired) electrons. The normalized spacial score (nSPS) is 12.7. The minimum atomic E-state index is -3.95. The molecule has 0 aliphatic rings. The summed E-state index contributed by atoms with van der Waals surface area (Å²) in [6, 6.07) is 9.94. The third kappa shape index (κ3) is 4.24. The van der Waals surface area contributed by atoms with E-state index in [1.54, 1.807) is 6.92 Å². The Morgan fingerprint density at radius 2 is 2.00 bits per heavy atom. The van der Waals surface area contributed by atoms with Crippen LogP contribution in [0.5, 0.6) is 0 Å². The average Bonchev–Trinajstić information content (AvgIpc) is 3.23. The van der Waals surface area contributed by atoms with Gasteiger partial charge in [-0.15, -0.1) is 0 Å². The summed E-state index contributed by atoms with van der Waals surface area (Å²) in [6.07, 6.45) is 1.19. The second-order valence-electron chi connectivity index (χ2n) is 6.27. The second-order valence-corrected chi connectivity index (χ2v) is 7.83. The molecule has 3 rings (SSSR count). The maximum Gasteiger partial charge on any atom is 0.355 e. The Bertz CT molecular complexity index is 1110. The minimum Gasteiger partial charge on any atom is -0.459 e. The first-order valence-electron chi connectivity index (χ1n) is 8.29. The number of carbonyl (C=O) groups excluding carboxylic acids is 2. The SMILES string of the molecule is C[C@H](NC(=O)COC(=O)c1cc(S(N)(=O)=O)cn1C)c1cc2ccccc2o1. The standard InChI is InChI=1S/C18H19N3O6S/c1-11(16-7-12-5-3-4-6-15(12)27-16)20-17(22)10-26-18(23)14-8-13(9-21(14)2)28(19,24)25/h3-9,11H,10H2,1-2H3,(H,20,22)(H2,19,24,25)/t11-/m0/s1. The summed E-state index contributed by atoms with van der Waals surface area (Å²) in [5.74, 6) is -0.799. The van der Waals surface area contributed by atoms with E-state index in [1.807, 2.05) is 30.3 Å². The van der Waals surface area contributed by atoms with Gasteiger partial charge in [0.1, 0.15) is 21.9 Å². The zero-order valence-electron chi connectivity index (χ0n) is 15.2. The zero-order valence-corrected chi connectivity index (χ0v) is 16.0. The molecule has 2 aromatic heterocycles. The maximum absolute atomic E-state index is 12.1. The molecular weight excluding hydrogens is 386 g/mol. The molecule has 0 spiro atoms. The molecule has 1 atom stereocenters. The van der Waals surface area contributed by atoms with Gasteiger partial charge >= 0.3 is 5.97 Å². The number of carbonyl (C=O) groups is 2. The van der Waals surface area contributed by atoms with E-state index in [9.17, 15) is 18.0 Å². The number of ether oxygens (including phenoxy) is 1. The fraction of sp³-hybridized carbons (Fsp3) is 0.222. The molecule has 3 aromatic rings. The topological polar surface area (TPSA) is 134 Å². The first kappa shape index (κ1) is 19.6. The van der Waals surface area contributed by atoms with Crippen LogP contribution in [0, 0.1) is 0 Å². The monoisotopic (exact) mass is 405 g/mol. The molecule has 2 heterocycles. The van der Waals surface area contributed by atoms with E-state index in [0.717, 1.165) is 11.5 Å². The smallest absolute Gasteiger partial charge is 0.355 e. The number of sulfonamides is 1. The lowest BCUT2D eigenvalue weighted by Crippen LogP contribution is -2.31. The number of aryl methyl sites for hydroxylation is 1. The van der Waals surface area contributed by atoms with Crippen molar-refractivity contribution in [3.05, 3.63) is 54.0 Å². The molecule has 148 valence electrons. The Hall–Kier alpha value is -3.11. The lowest BCUT2D eigenvalue weighted by molar-refractivity contribution is -0.125. The number of para-hydroxylation sites is 1. The fourth-order valence-electron chi connectivity index (χ4n) is 2.67. The Labute approximate surface area is 161 Å². The van der Waals surface area contributed by atoms with Crippen molar-refractivity contribution in [1.29, 1.82) is 0 Å². The molecule has 0 unspecified atom stereocenters. The van der Waals surface area contributed by atoms with E-state index in [1.165, 1.54) is 17.8 Å². The minimum absolute atomic E-state index is 0.0397. The summed E-state index contributed by atoms with van der Waals surface area (Å²) in [6.45, 7) is 1.21. The number of hydrogen-bond donors (Lipinski definition) is 2. The van der Waals surface area contributed by atoms with Crippen LogP contribution in [0.3, 0.4) is 0 Å². The number of esters is 1. The molecule has 0 aliphatic heterocycles. The fourth-order valence-corrected chi connectivity index (χ4v) is 3.25. The van der Waals surface area contributed by atoms with Gasteiger partial charge in [-0.2, -0.15) is 0 Å². The molecule has 0 aliphatic carbocycles. The number of aromatic nitrogens is 1. The van der Waals surface area contributed by atoms with Gasteiger partial charge in [-0.3, -0.25) is 4.79 Å². The molecule has 0 saturated carbocycles. The van der Waals surface area contributed by atoms with Gasteiger partial charge in [-0.05, 0) is 25.1 Å². The number of nitrogens with two attached hydrogens (primary N) is 1. The Morgan fingerprint density at radius 1 is 1.29 bits per heavy atom. The molecule has 9 nitrogen and oxygen atoms in total. The molecule has 0 bridgehead atoms. The number of amides is 1. The Balaban J connectivity index is 1.59. The lowest BCUT2D eigenvalue weighted by Gasteiger charge is -2.11. The summed E-state index contributed by atoms with van der Waals surface area (Å²) in [7, 11) is -2.48. The largest absolute Gasteiger partial charge is 0.459 e. The van der Waals surface area contributed by atoms with Crippen molar-refractivity contribution in [2.75, 3.05) is 6.61 Å². The van der Waals surface area contributed by atoms with E-state index in [2.05, 4.69) is 5.32 Å². The Morgan fingerprint density at radius 3 is 2.64 bits per heavy atom. The van der Waals surface area contributed by atoms with Crippen LogP contribution >= 0.6 is 0 Å². The van der Waals surface area contributed by atoms with Crippen molar-refractivity contribution in [3.8, 4) is 0 Å². The summed E-state index contributed by atoms with van der Waals surface area (Å²) >= 11 is 0. The van der Waals surface area contributed by atoms with Gasteiger partial charge in [0.25, 0.3) is 5.91 Å². The van der Waals surface area contributed by atoms with Gasteiger partial charge in [0.2, 0.25) is 10.0 Å². The van der Waals surface area contributed by atoms with Crippen molar-refractivity contribution >= 4 is 32.9 Å². The summed E-state index contributed by atoms with van der Waals surface area (Å²) in [4.78, 5) is 24.0. The van der Waals surface area contributed by atoms with E-state index >= 15 is 0 Å². The van der Waals surface area contributed by atoms with Crippen LogP contribution in [0.15, 0.2) is 51.9 Å². The quantitative estimate of drug-likeness (QED) is 0.596. The highest BCUT2D eigenvalue weighted by Gasteiger charge is 2.20. The van der Waals surface area contributed by atoms with Crippen LogP contribution in [-0.2, 0) is 26.6 Å². The Kier molecular flexibility index (Phi) is 5.25. The summed E-state index contributed by atoms with van der Waals surface area (Å²) < 4.78 is 34.6. The van der Waals surface area contributed by atoms with E-state index in [4.69, 9.17) is 14.3 Å². The highest BCUT2D eigenvalue weighted by atomic mass is 32.2. The van der Waals surface area contributed by atoms with Gasteiger partial charge in [0.05, 0.1) is 6.04 Å². The average molecular weight is 405 g/mol. The van der Waals surface area contributed by atoms with E-state index in [0.29, 0.717) is 11.3 Å². The van der Waals surface area contributed by atoms with Crippen molar-refractivity contribution in [1.82, 2.24) is 9.88 Å². The van der Waals surface area contributed by atoms with Crippen LogP contribution in [0.2, 0.25) is 0 Å². The van der Waals surface area contributed by atoms with Crippen molar-refractivity contribution in [2.24, 2.45) is 12.2 Å². The predicted molar refractivity (Wildman–Crippen MR) is 99.8 cm³/mol. The number of primary sulfonamides is 1. The van der Waals surface area contributed by atoms with Gasteiger partial charge < -0.3 is 19.0 Å². The number of rotatable bonds is 6. The molecular formula is C18H19N3O6S. The molecule has 1 amide bonds. The van der Waals surface area contributed by atoms with Crippen molar-refractivity contribution in [3.63, 3.8) is 0 Å².